The topological polar surface area (TPSA) is 111 Å². The molecule has 0 spiro atoms. The van der Waals surface area contributed by atoms with Crippen molar-refractivity contribution in [1.29, 1.82) is 0 Å². The molecule has 146 valence electrons. The molecule has 0 aliphatic carbocycles. The number of amides is 1. The standard InChI is InChI=1S/C21H12N4O4S/c26-18(15-6-3-9-28-15)19-17(12-4-1-2-5-14(12)29-19)25-20(27)16-11-24-21(30-16)13-10-22-7-8-23-13/h1-11H,(H,25,27). The second kappa shape index (κ2) is 7.37. The minimum atomic E-state index is -0.462. The Balaban J connectivity index is 1.51. The molecule has 5 aromatic rings. The predicted molar refractivity (Wildman–Crippen MR) is 109 cm³/mol. The Morgan fingerprint density at radius 1 is 1.00 bits per heavy atom. The number of carbonyl (C=O) groups excluding carboxylic acids is 2. The van der Waals surface area contributed by atoms with Crippen molar-refractivity contribution in [2.75, 3.05) is 5.32 Å². The van der Waals surface area contributed by atoms with Crippen molar-refractivity contribution in [3.63, 3.8) is 0 Å². The molecule has 8 nitrogen and oxygen atoms in total. The van der Waals surface area contributed by atoms with Gasteiger partial charge in [-0.1, -0.05) is 12.1 Å². The van der Waals surface area contributed by atoms with Gasteiger partial charge in [-0.05, 0) is 24.3 Å². The van der Waals surface area contributed by atoms with Gasteiger partial charge < -0.3 is 14.2 Å². The van der Waals surface area contributed by atoms with E-state index >= 15 is 0 Å². The molecule has 1 amide bonds. The van der Waals surface area contributed by atoms with Crippen LogP contribution in [0.1, 0.15) is 26.0 Å². The molecule has 5 rings (SSSR count). The fourth-order valence-electron chi connectivity index (χ4n) is 2.93. The maximum Gasteiger partial charge on any atom is 0.267 e. The summed E-state index contributed by atoms with van der Waals surface area (Å²) >= 11 is 1.17. The van der Waals surface area contributed by atoms with E-state index in [1.165, 1.54) is 29.9 Å². The highest BCUT2D eigenvalue weighted by Crippen LogP contribution is 2.33. The van der Waals surface area contributed by atoms with Crippen molar-refractivity contribution in [3.8, 4) is 10.7 Å². The lowest BCUT2D eigenvalue weighted by Gasteiger charge is -2.03. The zero-order valence-corrected chi connectivity index (χ0v) is 16.1. The first-order chi connectivity index (χ1) is 14.7. The van der Waals surface area contributed by atoms with Crippen LogP contribution in [0.25, 0.3) is 21.7 Å². The van der Waals surface area contributed by atoms with Crippen LogP contribution in [0.3, 0.4) is 0 Å². The van der Waals surface area contributed by atoms with Crippen molar-refractivity contribution in [1.82, 2.24) is 15.0 Å². The molecule has 0 fully saturated rings. The van der Waals surface area contributed by atoms with Gasteiger partial charge in [-0.2, -0.15) is 0 Å². The monoisotopic (exact) mass is 416 g/mol. The molecule has 0 aliphatic heterocycles. The number of fused-ring (bicyclic) bond motifs is 1. The van der Waals surface area contributed by atoms with Gasteiger partial charge in [0.05, 0.1) is 24.3 Å². The number of nitrogens with zero attached hydrogens (tertiary/aromatic N) is 3. The third-order valence-electron chi connectivity index (χ3n) is 4.30. The maximum absolute atomic E-state index is 12.9. The van der Waals surface area contributed by atoms with Crippen LogP contribution in [-0.4, -0.2) is 26.6 Å². The number of para-hydroxylation sites is 1. The van der Waals surface area contributed by atoms with Gasteiger partial charge in [-0.15, -0.1) is 11.3 Å². The van der Waals surface area contributed by atoms with Crippen LogP contribution in [0, 0.1) is 0 Å². The number of ketones is 1. The molecular weight excluding hydrogens is 404 g/mol. The number of nitrogens with one attached hydrogen (secondary N) is 1. The highest BCUT2D eigenvalue weighted by Gasteiger charge is 2.26. The van der Waals surface area contributed by atoms with Crippen LogP contribution in [0.5, 0.6) is 0 Å². The van der Waals surface area contributed by atoms with Crippen molar-refractivity contribution >= 4 is 39.7 Å². The van der Waals surface area contributed by atoms with Gasteiger partial charge in [0.15, 0.2) is 5.76 Å². The van der Waals surface area contributed by atoms with Crippen molar-refractivity contribution in [2.45, 2.75) is 0 Å². The predicted octanol–water partition coefficient (Wildman–Crippen LogP) is 4.42. The van der Waals surface area contributed by atoms with Gasteiger partial charge in [-0.25, -0.2) is 4.98 Å². The highest BCUT2D eigenvalue weighted by molar-refractivity contribution is 7.17. The van der Waals surface area contributed by atoms with E-state index in [2.05, 4.69) is 20.3 Å². The average molecular weight is 416 g/mol. The first kappa shape index (κ1) is 18.0. The Hall–Kier alpha value is -4.11. The lowest BCUT2D eigenvalue weighted by atomic mass is 10.1. The molecule has 0 radical (unpaired) electrons. The Bertz CT molecular complexity index is 1360. The summed E-state index contributed by atoms with van der Waals surface area (Å²) in [5.74, 6) is -0.760. The molecule has 0 unspecified atom stereocenters. The van der Waals surface area contributed by atoms with Crippen LogP contribution in [-0.2, 0) is 0 Å². The van der Waals surface area contributed by atoms with Crippen LogP contribution in [0.2, 0.25) is 0 Å². The summed E-state index contributed by atoms with van der Waals surface area (Å²) < 4.78 is 10.9. The van der Waals surface area contributed by atoms with Gasteiger partial charge in [-0.3, -0.25) is 19.6 Å². The van der Waals surface area contributed by atoms with Crippen molar-refractivity contribution < 1.29 is 18.4 Å². The maximum atomic E-state index is 12.9. The fraction of sp³-hybridized carbons (Fsp3) is 0. The average Bonchev–Trinajstić information content (AvgIpc) is 3.54. The van der Waals surface area contributed by atoms with Crippen LogP contribution in [0.15, 0.2) is 76.3 Å². The molecule has 0 saturated carbocycles. The number of furan rings is 2. The lowest BCUT2D eigenvalue weighted by Crippen LogP contribution is -2.13. The van der Waals surface area contributed by atoms with E-state index in [0.717, 1.165) is 0 Å². The number of rotatable bonds is 5. The third-order valence-corrected chi connectivity index (χ3v) is 5.32. The van der Waals surface area contributed by atoms with E-state index in [1.54, 1.807) is 48.9 Å². The van der Waals surface area contributed by atoms with Gasteiger partial charge in [0.1, 0.15) is 21.2 Å². The fourth-order valence-corrected chi connectivity index (χ4v) is 3.70. The molecule has 1 aromatic carbocycles. The molecule has 4 aromatic heterocycles. The lowest BCUT2D eigenvalue weighted by molar-refractivity contribution is 0.0986. The molecule has 0 aliphatic rings. The van der Waals surface area contributed by atoms with E-state index < -0.39 is 11.7 Å². The second-order valence-corrected chi connectivity index (χ2v) is 7.21. The summed E-state index contributed by atoms with van der Waals surface area (Å²) in [5, 5.41) is 3.97. The largest absolute Gasteiger partial charge is 0.461 e. The molecule has 0 saturated heterocycles. The van der Waals surface area contributed by atoms with Crippen LogP contribution >= 0.6 is 11.3 Å². The second-order valence-electron chi connectivity index (χ2n) is 6.18. The highest BCUT2D eigenvalue weighted by atomic mass is 32.1. The SMILES string of the molecule is O=C(Nc1c(C(=O)c2ccco2)oc2ccccc12)c1cnc(-c2cnccn2)s1. The number of benzene rings is 1. The number of anilines is 1. The first-order valence-corrected chi connectivity index (χ1v) is 9.65. The van der Waals surface area contributed by atoms with E-state index in [1.807, 2.05) is 0 Å². The number of thiazole rings is 1. The smallest absolute Gasteiger partial charge is 0.267 e. The van der Waals surface area contributed by atoms with Crippen LogP contribution in [0.4, 0.5) is 5.69 Å². The number of hydrogen-bond donors (Lipinski definition) is 1. The zero-order valence-electron chi connectivity index (χ0n) is 15.2. The molecule has 30 heavy (non-hydrogen) atoms. The molecular formula is C21H12N4O4S. The molecule has 0 atom stereocenters. The van der Waals surface area contributed by atoms with Crippen molar-refractivity contribution in [3.05, 3.63) is 83.8 Å². The van der Waals surface area contributed by atoms with Gasteiger partial charge in [0.2, 0.25) is 5.76 Å². The molecule has 9 heteroatoms. The third kappa shape index (κ3) is 3.16. The Morgan fingerprint density at radius 3 is 2.70 bits per heavy atom. The molecule has 4 heterocycles. The summed E-state index contributed by atoms with van der Waals surface area (Å²) in [4.78, 5) is 38.6. The van der Waals surface area contributed by atoms with E-state index in [9.17, 15) is 9.59 Å². The minimum Gasteiger partial charge on any atom is -0.461 e. The minimum absolute atomic E-state index is 0.00170. The van der Waals surface area contributed by atoms with E-state index in [-0.39, 0.29) is 17.2 Å². The number of aromatic nitrogens is 3. The Morgan fingerprint density at radius 2 is 1.90 bits per heavy atom. The van der Waals surface area contributed by atoms with Gasteiger partial charge >= 0.3 is 0 Å². The summed E-state index contributed by atoms with van der Waals surface area (Å²) in [7, 11) is 0. The Kier molecular flexibility index (Phi) is 4.41. The number of hydrogen-bond acceptors (Lipinski definition) is 8. The normalized spacial score (nSPS) is 10.9. The summed E-state index contributed by atoms with van der Waals surface area (Å²) in [6.07, 6.45) is 7.55. The Labute approximate surface area is 173 Å². The number of carbonyl (C=O) groups is 2. The first-order valence-electron chi connectivity index (χ1n) is 8.84. The van der Waals surface area contributed by atoms with Gasteiger partial charge in [0.25, 0.3) is 11.7 Å². The quantitative estimate of drug-likeness (QED) is 0.422. The summed E-state index contributed by atoms with van der Waals surface area (Å²) in [5.41, 5.74) is 1.34. The van der Waals surface area contributed by atoms with Crippen molar-refractivity contribution in [2.24, 2.45) is 0 Å². The van der Waals surface area contributed by atoms with E-state index in [0.29, 0.717) is 26.5 Å². The molecule has 1 N–H and O–H groups in total. The molecule has 0 bridgehead atoms. The zero-order chi connectivity index (χ0) is 20.5. The van der Waals surface area contributed by atoms with E-state index in [4.69, 9.17) is 8.83 Å². The summed E-state index contributed by atoms with van der Waals surface area (Å²) in [6.45, 7) is 0. The van der Waals surface area contributed by atoms with Crippen LogP contribution < -0.4 is 5.32 Å². The summed E-state index contributed by atoms with van der Waals surface area (Å²) in [6, 6.07) is 10.2. The van der Waals surface area contributed by atoms with Gasteiger partial charge in [0, 0.05) is 17.8 Å².